The Morgan fingerprint density at radius 2 is 2.27 bits per heavy atom. The number of fused-ring (bicyclic) bond motifs is 1. The first-order valence-corrected chi connectivity index (χ1v) is 10.1. The Bertz CT molecular complexity index is 1060. The molecule has 2 atom stereocenters. The first-order chi connectivity index (χ1) is 14.4. The second kappa shape index (κ2) is 7.88. The minimum atomic E-state index is -0.967. The van der Waals surface area contributed by atoms with Gasteiger partial charge in [-0.15, -0.1) is 0 Å². The minimum absolute atomic E-state index is 0.0578. The van der Waals surface area contributed by atoms with Gasteiger partial charge in [0.2, 0.25) is 0 Å². The van der Waals surface area contributed by atoms with E-state index in [1.807, 2.05) is 19.9 Å². The van der Waals surface area contributed by atoms with Crippen LogP contribution in [-0.4, -0.2) is 27.8 Å². The smallest absolute Gasteiger partial charge is 0.532 e. The van der Waals surface area contributed by atoms with E-state index in [0.717, 1.165) is 36.1 Å². The highest BCUT2D eigenvalue weighted by Crippen LogP contribution is 2.38. The maximum Gasteiger partial charge on any atom is 0.552 e. The van der Waals surface area contributed by atoms with Gasteiger partial charge in [-0.25, -0.2) is 0 Å². The van der Waals surface area contributed by atoms with E-state index < -0.39 is 13.0 Å². The fraction of sp³-hybridized carbons (Fsp3) is 0.381. The summed E-state index contributed by atoms with van der Waals surface area (Å²) in [7, 11) is -0.967. The van der Waals surface area contributed by atoms with Gasteiger partial charge in [0.25, 0.3) is 5.91 Å². The number of nitriles is 1. The number of rotatable bonds is 5. The third kappa shape index (κ3) is 3.66. The summed E-state index contributed by atoms with van der Waals surface area (Å²) >= 11 is 0. The SMILES string of the molecule is CC(C)C1=CB(O)Oc2ccc(Nc3nn(C4CCCC4C#N)cc3C(N)=O)cc21. The first kappa shape index (κ1) is 20.0. The summed E-state index contributed by atoms with van der Waals surface area (Å²) in [6.45, 7) is 4.10. The molecule has 1 aromatic carbocycles. The molecule has 30 heavy (non-hydrogen) atoms. The zero-order chi connectivity index (χ0) is 21.4. The van der Waals surface area contributed by atoms with E-state index >= 15 is 0 Å². The second-order valence-electron chi connectivity index (χ2n) is 8.09. The van der Waals surface area contributed by atoms with Gasteiger partial charge in [-0.1, -0.05) is 13.8 Å². The number of nitrogens with one attached hydrogen (secondary N) is 1. The molecule has 0 spiro atoms. The molecule has 8 nitrogen and oxygen atoms in total. The number of nitrogens with two attached hydrogens (primary N) is 1. The van der Waals surface area contributed by atoms with E-state index in [2.05, 4.69) is 16.5 Å². The summed E-state index contributed by atoms with van der Waals surface area (Å²) in [6, 6.07) is 7.76. The normalized spacial score (nSPS) is 20.4. The number of hydrogen-bond acceptors (Lipinski definition) is 6. The Labute approximate surface area is 175 Å². The number of aromatic nitrogens is 2. The molecule has 1 aliphatic carbocycles. The molecule has 2 unspecified atom stereocenters. The van der Waals surface area contributed by atoms with Crippen LogP contribution in [0, 0.1) is 23.2 Å². The predicted molar refractivity (Wildman–Crippen MR) is 114 cm³/mol. The summed E-state index contributed by atoms with van der Waals surface area (Å²) in [5, 5.41) is 27.1. The quantitative estimate of drug-likeness (QED) is 0.657. The number of primary amides is 1. The Balaban J connectivity index is 1.67. The largest absolute Gasteiger partial charge is 0.552 e. The number of carbonyl (C=O) groups excluding carboxylic acids is 1. The summed E-state index contributed by atoms with van der Waals surface area (Å²) in [5.41, 5.74) is 8.44. The van der Waals surface area contributed by atoms with Crippen molar-refractivity contribution in [3.63, 3.8) is 0 Å². The van der Waals surface area contributed by atoms with Gasteiger partial charge < -0.3 is 20.7 Å². The number of nitrogens with zero attached hydrogens (tertiary/aromatic N) is 3. The molecule has 4 N–H and O–H groups in total. The molecule has 1 fully saturated rings. The van der Waals surface area contributed by atoms with E-state index in [4.69, 9.17) is 10.4 Å². The van der Waals surface area contributed by atoms with Crippen molar-refractivity contribution in [1.82, 2.24) is 9.78 Å². The van der Waals surface area contributed by atoms with Gasteiger partial charge in [0.1, 0.15) is 11.3 Å². The average molecular weight is 405 g/mol. The average Bonchev–Trinajstić information content (AvgIpc) is 3.34. The topological polar surface area (TPSA) is 126 Å². The van der Waals surface area contributed by atoms with Crippen LogP contribution in [0.5, 0.6) is 5.75 Å². The van der Waals surface area contributed by atoms with Gasteiger partial charge in [0.15, 0.2) is 5.82 Å². The maximum atomic E-state index is 12.0. The molecule has 154 valence electrons. The maximum absolute atomic E-state index is 12.0. The third-order valence-corrected chi connectivity index (χ3v) is 5.73. The van der Waals surface area contributed by atoms with Crippen molar-refractivity contribution < 1.29 is 14.5 Å². The number of benzene rings is 1. The summed E-state index contributed by atoms with van der Waals surface area (Å²) < 4.78 is 7.20. The minimum Gasteiger partial charge on any atom is -0.532 e. The molecule has 2 aliphatic rings. The van der Waals surface area contributed by atoms with Crippen LogP contribution < -0.4 is 15.7 Å². The van der Waals surface area contributed by atoms with Crippen LogP contribution in [0.15, 0.2) is 30.4 Å². The molecule has 0 bridgehead atoms. The molecular weight excluding hydrogens is 381 g/mol. The van der Waals surface area contributed by atoms with Crippen molar-refractivity contribution in [2.75, 3.05) is 5.32 Å². The Morgan fingerprint density at radius 1 is 1.47 bits per heavy atom. The fourth-order valence-corrected chi connectivity index (χ4v) is 4.23. The second-order valence-corrected chi connectivity index (χ2v) is 8.09. The number of carbonyl (C=O) groups is 1. The van der Waals surface area contributed by atoms with Crippen molar-refractivity contribution in [3.8, 4) is 11.8 Å². The molecule has 1 aromatic heterocycles. The fourth-order valence-electron chi connectivity index (χ4n) is 4.23. The Morgan fingerprint density at radius 3 is 2.97 bits per heavy atom. The van der Waals surface area contributed by atoms with E-state index in [-0.39, 0.29) is 23.4 Å². The molecule has 1 saturated carbocycles. The van der Waals surface area contributed by atoms with Crippen LogP contribution >= 0.6 is 0 Å². The van der Waals surface area contributed by atoms with Crippen molar-refractivity contribution in [1.29, 1.82) is 5.26 Å². The van der Waals surface area contributed by atoms with Gasteiger partial charge >= 0.3 is 7.12 Å². The Hall–Kier alpha value is -3.25. The van der Waals surface area contributed by atoms with Gasteiger partial charge in [-0.3, -0.25) is 9.48 Å². The van der Waals surface area contributed by atoms with E-state index in [9.17, 15) is 15.1 Å². The van der Waals surface area contributed by atoms with Crippen molar-refractivity contribution in [3.05, 3.63) is 41.5 Å². The summed E-state index contributed by atoms with van der Waals surface area (Å²) in [4.78, 5) is 12.0. The lowest BCUT2D eigenvalue weighted by molar-refractivity contribution is 0.100. The standard InChI is InChI=1S/C21H24BN5O3/c1-12(2)16-9-22(29)30-19-7-6-14(8-15(16)19)25-21-17(20(24)28)11-27(26-21)18-5-3-4-13(18)10-23/h6-9,11-13,18,29H,3-5H2,1-2H3,(H2,24,28)(H,25,26). The Kier molecular flexibility index (Phi) is 5.26. The van der Waals surface area contributed by atoms with Crippen molar-refractivity contribution in [2.45, 2.75) is 39.2 Å². The van der Waals surface area contributed by atoms with Crippen molar-refractivity contribution >= 4 is 30.1 Å². The van der Waals surface area contributed by atoms with E-state index in [1.54, 1.807) is 29.0 Å². The molecule has 2 heterocycles. The van der Waals surface area contributed by atoms with Gasteiger partial charge in [-0.05, 0) is 54.9 Å². The van der Waals surface area contributed by atoms with Gasteiger partial charge in [-0.2, -0.15) is 10.4 Å². The molecule has 2 aromatic rings. The van der Waals surface area contributed by atoms with Crippen molar-refractivity contribution in [2.24, 2.45) is 17.6 Å². The molecule has 1 aliphatic heterocycles. The van der Waals surface area contributed by atoms with Crippen LogP contribution in [0.4, 0.5) is 11.5 Å². The zero-order valence-electron chi connectivity index (χ0n) is 17.0. The molecule has 4 rings (SSSR count). The number of hydrogen-bond donors (Lipinski definition) is 3. The highest BCUT2D eigenvalue weighted by molar-refractivity contribution is 6.52. The molecule has 0 saturated heterocycles. The lowest BCUT2D eigenvalue weighted by atomic mass is 9.78. The number of anilines is 2. The van der Waals surface area contributed by atoms with E-state index in [1.165, 1.54) is 0 Å². The molecule has 0 radical (unpaired) electrons. The predicted octanol–water partition coefficient (Wildman–Crippen LogP) is 3.04. The highest BCUT2D eigenvalue weighted by atomic mass is 16.5. The van der Waals surface area contributed by atoms with Crippen LogP contribution in [0.3, 0.4) is 0 Å². The van der Waals surface area contributed by atoms with Gasteiger partial charge in [0.05, 0.1) is 18.0 Å². The number of allylic oxidation sites excluding steroid dienone is 1. The zero-order valence-corrected chi connectivity index (χ0v) is 17.0. The molecule has 1 amide bonds. The van der Waals surface area contributed by atoms with Crippen LogP contribution in [0.25, 0.3) is 5.57 Å². The third-order valence-electron chi connectivity index (χ3n) is 5.73. The number of amides is 1. The monoisotopic (exact) mass is 405 g/mol. The lowest BCUT2D eigenvalue weighted by Gasteiger charge is -2.23. The molecule has 9 heteroatoms. The van der Waals surface area contributed by atoms with Crippen LogP contribution in [0.2, 0.25) is 0 Å². The van der Waals surface area contributed by atoms with Gasteiger partial charge in [0, 0.05) is 17.4 Å². The van der Waals surface area contributed by atoms with Crippen LogP contribution in [-0.2, 0) is 0 Å². The van der Waals surface area contributed by atoms with Crippen LogP contribution in [0.1, 0.15) is 55.1 Å². The highest BCUT2D eigenvalue weighted by Gasteiger charge is 2.31. The van der Waals surface area contributed by atoms with E-state index in [0.29, 0.717) is 11.6 Å². The molecular formula is C21H24BN5O3. The first-order valence-electron chi connectivity index (χ1n) is 10.1. The summed E-state index contributed by atoms with van der Waals surface area (Å²) in [6.07, 6.45) is 4.26. The lowest BCUT2D eigenvalue weighted by Crippen LogP contribution is -2.24. The summed E-state index contributed by atoms with van der Waals surface area (Å²) in [5.74, 6) is 2.15.